The highest BCUT2D eigenvalue weighted by Gasteiger charge is 2.30. The van der Waals surface area contributed by atoms with E-state index >= 15 is 0 Å². The molecule has 0 aliphatic carbocycles. The number of aromatic nitrogens is 2. The zero-order chi connectivity index (χ0) is 29.7. The van der Waals surface area contributed by atoms with Crippen LogP contribution in [0, 0.1) is 0 Å². The summed E-state index contributed by atoms with van der Waals surface area (Å²) in [5, 5.41) is 5.35. The van der Waals surface area contributed by atoms with Crippen molar-refractivity contribution >= 4 is 12.3 Å². The van der Waals surface area contributed by atoms with E-state index in [1.807, 2.05) is 0 Å². The summed E-state index contributed by atoms with van der Waals surface area (Å²) in [6, 6.07) is 11.1. The molecule has 0 radical (unpaired) electrons. The van der Waals surface area contributed by atoms with E-state index in [0.29, 0.717) is 17.3 Å². The van der Waals surface area contributed by atoms with Crippen LogP contribution < -0.4 is 0 Å². The number of carbonyl (C=O) groups excluding carboxylic acids is 2. The smallest absolute Gasteiger partial charge is 0.361 e. The number of nitrogens with zero attached hydrogens (tertiary/aromatic N) is 3. The predicted octanol–water partition coefficient (Wildman–Crippen LogP) is 8.05. The summed E-state index contributed by atoms with van der Waals surface area (Å²) in [7, 11) is 0. The zero-order valence-electron chi connectivity index (χ0n) is 23.7. The molecule has 1 aromatic heterocycles. The lowest BCUT2D eigenvalue weighted by Crippen LogP contribution is -2.30. The van der Waals surface area contributed by atoms with Gasteiger partial charge < -0.3 is 9.36 Å². The quantitative estimate of drug-likeness (QED) is 0.0699. The van der Waals surface area contributed by atoms with Crippen molar-refractivity contribution in [2.45, 2.75) is 96.8 Å². The highest BCUT2D eigenvalue weighted by atomic mass is 19.4. The van der Waals surface area contributed by atoms with E-state index in [1.165, 1.54) is 62.1 Å². The Hall–Kier alpha value is -3.53. The Morgan fingerprint density at radius 2 is 1.56 bits per heavy atom. The fourth-order valence-corrected chi connectivity index (χ4v) is 4.50. The second-order valence-corrected chi connectivity index (χ2v) is 10.2. The van der Waals surface area contributed by atoms with E-state index in [1.54, 1.807) is 31.2 Å². The topological polar surface area (TPSA) is 85.5 Å². The lowest BCUT2D eigenvalue weighted by molar-refractivity contribution is -0.203. The molecule has 3 rings (SSSR count). The van der Waals surface area contributed by atoms with Gasteiger partial charge in [-0.2, -0.15) is 18.2 Å². The van der Waals surface area contributed by atoms with Crippen LogP contribution in [0.15, 0.2) is 53.1 Å². The Morgan fingerprint density at radius 1 is 0.951 bits per heavy atom. The zero-order valence-corrected chi connectivity index (χ0v) is 23.7. The number of aryl methyl sites for hydroxylation is 1. The largest absolute Gasteiger partial charge is 0.416 e. The first kappa shape index (κ1) is 32.0. The molecule has 10 heteroatoms. The maximum absolute atomic E-state index is 12.9. The Balaban J connectivity index is 1.55. The molecular weight excluding hydrogens is 535 g/mol. The first-order valence-electron chi connectivity index (χ1n) is 14.2. The monoisotopic (exact) mass is 573 g/mol. The van der Waals surface area contributed by atoms with Crippen molar-refractivity contribution in [1.29, 1.82) is 0 Å². The minimum atomic E-state index is -4.46. The van der Waals surface area contributed by atoms with Gasteiger partial charge in [-0.25, -0.2) is 4.79 Å². The van der Waals surface area contributed by atoms with Gasteiger partial charge in [-0.15, -0.1) is 5.06 Å². The number of rotatable bonds is 17. The Bertz CT molecular complexity index is 1210. The van der Waals surface area contributed by atoms with Gasteiger partial charge in [0.15, 0.2) is 5.82 Å². The molecule has 0 aliphatic heterocycles. The third-order valence-electron chi connectivity index (χ3n) is 6.97. The van der Waals surface area contributed by atoms with E-state index in [2.05, 4.69) is 17.1 Å². The number of benzene rings is 2. The summed E-state index contributed by atoms with van der Waals surface area (Å²) in [5.74, 6) is -0.0279. The van der Waals surface area contributed by atoms with Gasteiger partial charge in [0.2, 0.25) is 6.29 Å². The maximum Gasteiger partial charge on any atom is 0.416 e. The van der Waals surface area contributed by atoms with Crippen LogP contribution in [0.3, 0.4) is 0 Å². The molecule has 0 amide bonds. The number of hydrogen-bond donors (Lipinski definition) is 0. The van der Waals surface area contributed by atoms with E-state index in [9.17, 15) is 22.8 Å². The molecule has 0 aliphatic rings. The first-order chi connectivity index (χ1) is 19.7. The summed E-state index contributed by atoms with van der Waals surface area (Å²) in [6.07, 6.45) is 7.52. The Morgan fingerprint density at radius 3 is 2.15 bits per heavy atom. The second-order valence-electron chi connectivity index (χ2n) is 10.2. The molecule has 0 saturated carbocycles. The van der Waals surface area contributed by atoms with Crippen LogP contribution in [0.5, 0.6) is 0 Å². The minimum absolute atomic E-state index is 0.0391. The van der Waals surface area contributed by atoms with Gasteiger partial charge in [0.1, 0.15) is 0 Å². The molecule has 222 valence electrons. The van der Waals surface area contributed by atoms with Gasteiger partial charge in [-0.3, -0.25) is 4.79 Å². The van der Waals surface area contributed by atoms with E-state index in [4.69, 9.17) is 9.36 Å². The number of aldehydes is 1. The van der Waals surface area contributed by atoms with Crippen molar-refractivity contribution in [3.05, 3.63) is 71.0 Å². The first-order valence-corrected chi connectivity index (χ1v) is 14.2. The highest BCUT2D eigenvalue weighted by Crippen LogP contribution is 2.31. The van der Waals surface area contributed by atoms with Crippen molar-refractivity contribution in [1.82, 2.24) is 15.2 Å². The molecule has 1 atom stereocenters. The summed E-state index contributed by atoms with van der Waals surface area (Å²) < 4.78 is 44.3. The lowest BCUT2D eigenvalue weighted by atomic mass is 10.0. The number of hydroxylamine groups is 2. The van der Waals surface area contributed by atoms with Crippen LogP contribution in [0.4, 0.5) is 13.2 Å². The van der Waals surface area contributed by atoms with Gasteiger partial charge in [-0.05, 0) is 48.7 Å². The van der Waals surface area contributed by atoms with Crippen LogP contribution in [0.1, 0.15) is 100 Å². The van der Waals surface area contributed by atoms with Crippen LogP contribution in [0.2, 0.25) is 0 Å². The molecule has 0 spiro atoms. The number of halogens is 3. The number of carbonyl (C=O) groups is 2. The third kappa shape index (κ3) is 10.4. The average Bonchev–Trinajstić information content (AvgIpc) is 3.44. The van der Waals surface area contributed by atoms with E-state index < -0.39 is 23.8 Å². The lowest BCUT2D eigenvalue weighted by Gasteiger charge is -2.27. The van der Waals surface area contributed by atoms with Crippen LogP contribution in [-0.4, -0.2) is 27.5 Å². The van der Waals surface area contributed by atoms with Crippen LogP contribution in [-0.2, 0) is 33.6 Å². The molecule has 0 saturated heterocycles. The molecule has 7 nitrogen and oxygen atoms in total. The summed E-state index contributed by atoms with van der Waals surface area (Å²) in [6.45, 7) is 3.99. The molecular formula is C31H38F3N3O4. The summed E-state index contributed by atoms with van der Waals surface area (Å²) >= 11 is 0. The second kappa shape index (κ2) is 16.0. The van der Waals surface area contributed by atoms with Crippen molar-refractivity contribution in [2.24, 2.45) is 0 Å². The molecule has 1 heterocycles. The predicted molar refractivity (Wildman–Crippen MR) is 148 cm³/mol. The van der Waals surface area contributed by atoms with E-state index in [-0.39, 0.29) is 12.8 Å². The van der Waals surface area contributed by atoms with E-state index in [0.717, 1.165) is 42.5 Å². The highest BCUT2D eigenvalue weighted by molar-refractivity contribution is 6.20. The van der Waals surface area contributed by atoms with Crippen molar-refractivity contribution in [3.8, 4) is 11.5 Å². The number of hydrogen-bond acceptors (Lipinski definition) is 7. The molecule has 0 bridgehead atoms. The van der Waals surface area contributed by atoms with Crippen LogP contribution >= 0.6 is 0 Å². The number of alkyl halides is 3. The summed E-state index contributed by atoms with van der Waals surface area (Å²) in [5.41, 5.74) is 1.17. The molecule has 0 unspecified atom stereocenters. The molecule has 0 fully saturated rings. The third-order valence-corrected chi connectivity index (χ3v) is 6.97. The normalized spacial score (nSPS) is 12.4. The minimum Gasteiger partial charge on any atom is -0.361 e. The van der Waals surface area contributed by atoms with Gasteiger partial charge >= 0.3 is 12.1 Å². The van der Waals surface area contributed by atoms with Gasteiger partial charge in [0.25, 0.3) is 5.89 Å². The maximum atomic E-state index is 12.9. The van der Waals surface area contributed by atoms with Crippen molar-refractivity contribution in [2.75, 3.05) is 0 Å². The summed E-state index contributed by atoms with van der Waals surface area (Å²) in [4.78, 5) is 32.3. The van der Waals surface area contributed by atoms with Gasteiger partial charge in [0, 0.05) is 12.0 Å². The molecule has 41 heavy (non-hydrogen) atoms. The SMILES string of the molecule is CCCCCCCCCCCc1noc(-c2ccc(CN(OC(=O)C=O)[C@@H](C)c3ccc(C(F)(F)F)cc3)cc2)n1. The Kier molecular flexibility index (Phi) is 12.5. The van der Waals surface area contributed by atoms with Gasteiger partial charge in [0.05, 0.1) is 18.2 Å². The fourth-order valence-electron chi connectivity index (χ4n) is 4.50. The molecule has 2 aromatic carbocycles. The average molecular weight is 574 g/mol. The van der Waals surface area contributed by atoms with Gasteiger partial charge in [-0.1, -0.05) is 87.7 Å². The molecule has 3 aromatic rings. The Labute approximate surface area is 239 Å². The van der Waals surface area contributed by atoms with Crippen molar-refractivity contribution < 1.29 is 32.1 Å². The van der Waals surface area contributed by atoms with Crippen LogP contribution in [0.25, 0.3) is 11.5 Å². The number of unbranched alkanes of at least 4 members (excludes halogenated alkanes) is 8. The van der Waals surface area contributed by atoms with Crippen molar-refractivity contribution in [3.63, 3.8) is 0 Å². The fraction of sp³-hybridized carbons (Fsp3) is 0.484. The standard InChI is InChI=1S/C31H38F3N3O4/c1-3-4-5-6-7-8-9-10-11-12-28-35-30(40-36-28)26-15-13-24(14-16-26)21-37(41-29(39)22-38)23(2)25-17-19-27(20-18-25)31(32,33)34/h13-20,22-23H,3-12,21H2,1-2H3/t23-/m0/s1. The molecule has 0 N–H and O–H groups in total.